The number of hydrogen-bond donors (Lipinski definition) is 4. The van der Waals surface area contributed by atoms with E-state index in [1.54, 1.807) is 0 Å². The van der Waals surface area contributed by atoms with Gasteiger partial charge in [0.2, 0.25) is 0 Å². The quantitative estimate of drug-likeness (QED) is 0.673. The Kier molecular flexibility index (Phi) is 5.03. The summed E-state index contributed by atoms with van der Waals surface area (Å²) >= 11 is 0. The zero-order valence-corrected chi connectivity index (χ0v) is 13.2. The summed E-state index contributed by atoms with van der Waals surface area (Å²) < 4.78 is 27.4. The first-order chi connectivity index (χ1) is 12.1. The lowest BCUT2D eigenvalue weighted by atomic mass is 10.1. The van der Waals surface area contributed by atoms with Crippen LogP contribution in [0.15, 0.2) is 24.4 Å². The Bertz CT molecular complexity index is 772. The molecule has 9 heteroatoms. The molecule has 1 atom stereocenters. The molecular weight excluding hydrogens is 332 g/mol. The molecule has 0 saturated carbocycles. The lowest BCUT2D eigenvalue weighted by Crippen LogP contribution is -2.45. The average Bonchev–Trinajstić information content (AvgIpc) is 3.04. The summed E-state index contributed by atoms with van der Waals surface area (Å²) in [6.45, 7) is 1.56. The minimum absolute atomic E-state index is 0. The molecule has 3 rings (SSSR count). The number of amides is 2. The number of carbonyl (C=O) groups is 2. The number of aromatic amines is 1. The molecule has 2 aromatic rings. The number of benzene rings is 1. The Morgan fingerprint density at radius 1 is 1.24 bits per heavy atom. The van der Waals surface area contributed by atoms with Crippen LogP contribution in [0.2, 0.25) is 0 Å². The van der Waals surface area contributed by atoms with Crippen molar-refractivity contribution in [2.45, 2.75) is 18.9 Å². The van der Waals surface area contributed by atoms with Gasteiger partial charge in [-0.15, -0.1) is 0 Å². The normalized spacial score (nSPS) is 17.1. The van der Waals surface area contributed by atoms with Gasteiger partial charge in [-0.1, -0.05) is 6.07 Å². The smallest absolute Gasteiger partial charge is 0.271 e. The van der Waals surface area contributed by atoms with Crippen LogP contribution < -0.4 is 16.0 Å². The molecule has 1 fully saturated rings. The van der Waals surface area contributed by atoms with Crippen molar-refractivity contribution >= 4 is 17.5 Å². The summed E-state index contributed by atoms with van der Waals surface area (Å²) in [7, 11) is 0. The van der Waals surface area contributed by atoms with Crippen molar-refractivity contribution < 1.29 is 19.8 Å². The van der Waals surface area contributed by atoms with E-state index >= 15 is 0 Å². The van der Waals surface area contributed by atoms with E-state index in [0.717, 1.165) is 37.6 Å². The van der Waals surface area contributed by atoms with Crippen LogP contribution in [-0.2, 0) is 0 Å². The molecule has 134 valence electrons. The maximum atomic E-state index is 13.7. The van der Waals surface area contributed by atoms with Crippen LogP contribution in [0.4, 0.5) is 14.5 Å². The highest BCUT2D eigenvalue weighted by Crippen LogP contribution is 2.17. The molecule has 1 aliphatic heterocycles. The number of aromatic nitrogens is 2. The second-order valence-electron chi connectivity index (χ2n) is 5.73. The summed E-state index contributed by atoms with van der Waals surface area (Å²) in [6, 6.07) is 3.10. The second-order valence-corrected chi connectivity index (χ2v) is 5.73. The van der Waals surface area contributed by atoms with Gasteiger partial charge in [0, 0.05) is 14.0 Å². The third-order valence-corrected chi connectivity index (χ3v) is 3.94. The van der Waals surface area contributed by atoms with E-state index in [-0.39, 0.29) is 18.8 Å². The topological polar surface area (TPSA) is 98.9 Å². The maximum Gasteiger partial charge on any atom is 0.271 e. The minimum atomic E-state index is -0.995. The summed E-state index contributed by atoms with van der Waals surface area (Å²) in [6.07, 6.45) is 3.00. The molecular formula is C16H19F2N5O2. The van der Waals surface area contributed by atoms with Gasteiger partial charge in [-0.3, -0.25) is 14.7 Å². The number of hydrogen-bond acceptors (Lipinski definition) is 4. The van der Waals surface area contributed by atoms with Crippen molar-refractivity contribution in [1.29, 1.82) is 0 Å². The van der Waals surface area contributed by atoms with E-state index < -0.39 is 29.0 Å². The van der Waals surface area contributed by atoms with Gasteiger partial charge in [0.1, 0.15) is 22.9 Å². The van der Waals surface area contributed by atoms with E-state index in [1.807, 2.05) is 0 Å². The summed E-state index contributed by atoms with van der Waals surface area (Å²) in [5.41, 5.74) is -0.642. The number of halogens is 2. The van der Waals surface area contributed by atoms with Crippen LogP contribution in [0.3, 0.4) is 0 Å². The van der Waals surface area contributed by atoms with Crippen LogP contribution in [0.1, 0.15) is 35.1 Å². The molecule has 2 heterocycles. The zero-order valence-electron chi connectivity index (χ0n) is 13.2. The predicted octanol–water partition coefficient (Wildman–Crippen LogP) is 1.67. The van der Waals surface area contributed by atoms with Gasteiger partial charge in [0.15, 0.2) is 0 Å². The number of nitrogens with zero attached hydrogens (tertiary/aromatic N) is 1. The van der Waals surface area contributed by atoms with Gasteiger partial charge in [-0.05, 0) is 31.5 Å². The van der Waals surface area contributed by atoms with Crippen molar-refractivity contribution in [3.05, 3.63) is 47.3 Å². The molecule has 0 bridgehead atoms. The maximum absolute atomic E-state index is 13.7. The first kappa shape index (κ1) is 17.0. The zero-order chi connectivity index (χ0) is 17.8. The molecule has 0 aliphatic carbocycles. The number of rotatable bonds is 4. The lowest BCUT2D eigenvalue weighted by Gasteiger charge is -2.23. The minimum Gasteiger partial charge on any atom is -0.347 e. The molecule has 2 amide bonds. The fourth-order valence-corrected chi connectivity index (χ4v) is 2.69. The van der Waals surface area contributed by atoms with Crippen LogP contribution in [0.5, 0.6) is 0 Å². The summed E-state index contributed by atoms with van der Waals surface area (Å²) in [5.74, 6) is -3.42. The molecule has 4 N–H and O–H groups in total. The molecule has 0 unspecified atom stereocenters. The molecule has 1 aliphatic rings. The molecule has 0 radical (unpaired) electrons. The number of anilines is 1. The average molecular weight is 351 g/mol. The number of piperidine rings is 1. The van der Waals surface area contributed by atoms with Crippen LogP contribution in [-0.4, -0.2) is 41.1 Å². The Balaban J connectivity index is 0.00000243. The molecule has 1 aromatic carbocycles. The van der Waals surface area contributed by atoms with Crippen molar-refractivity contribution in [3.8, 4) is 0 Å². The van der Waals surface area contributed by atoms with Gasteiger partial charge < -0.3 is 16.0 Å². The molecule has 1 aromatic heterocycles. The largest absolute Gasteiger partial charge is 0.347 e. The van der Waals surface area contributed by atoms with Gasteiger partial charge in [0.05, 0.1) is 11.9 Å². The third kappa shape index (κ3) is 3.82. The van der Waals surface area contributed by atoms with Gasteiger partial charge in [-0.2, -0.15) is 5.10 Å². The van der Waals surface area contributed by atoms with E-state index in [4.69, 9.17) is 0 Å². The van der Waals surface area contributed by atoms with E-state index in [9.17, 15) is 18.4 Å². The highest BCUT2D eigenvalue weighted by atomic mass is 19.1. The van der Waals surface area contributed by atoms with Crippen molar-refractivity contribution in [3.63, 3.8) is 0 Å². The van der Waals surface area contributed by atoms with E-state index in [1.165, 1.54) is 6.20 Å². The molecule has 0 spiro atoms. The van der Waals surface area contributed by atoms with Crippen molar-refractivity contribution in [1.82, 2.24) is 20.8 Å². The Morgan fingerprint density at radius 2 is 2.00 bits per heavy atom. The Hall–Kier alpha value is -2.81. The van der Waals surface area contributed by atoms with E-state index in [2.05, 4.69) is 26.1 Å². The number of H-pyrrole nitrogens is 1. The van der Waals surface area contributed by atoms with Gasteiger partial charge >= 0.3 is 0 Å². The number of carbonyl (C=O) groups excluding carboxylic acids is 2. The molecule has 1 saturated heterocycles. The van der Waals surface area contributed by atoms with E-state index in [0.29, 0.717) is 6.54 Å². The monoisotopic (exact) mass is 351 g/mol. The Labute approximate surface area is 143 Å². The first-order valence-electron chi connectivity index (χ1n) is 7.86. The highest BCUT2D eigenvalue weighted by Gasteiger charge is 2.23. The fraction of sp³-hybridized carbons (Fsp3) is 0.312. The third-order valence-electron chi connectivity index (χ3n) is 3.94. The van der Waals surface area contributed by atoms with Gasteiger partial charge in [0.25, 0.3) is 11.8 Å². The first-order valence-corrected chi connectivity index (χ1v) is 7.86. The predicted molar refractivity (Wildman–Crippen MR) is 88.4 cm³/mol. The van der Waals surface area contributed by atoms with Crippen LogP contribution in [0.25, 0.3) is 0 Å². The number of nitrogens with one attached hydrogen (secondary N) is 4. The van der Waals surface area contributed by atoms with Crippen molar-refractivity contribution in [2.75, 3.05) is 18.4 Å². The molecule has 7 nitrogen and oxygen atoms in total. The second kappa shape index (κ2) is 7.39. The SMILES string of the molecule is O=C(N[C@H]1CCCNC1)c1[nH]ncc1NC(=O)c1c(F)cccc1F.[HH]. The summed E-state index contributed by atoms with van der Waals surface area (Å²) in [5, 5.41) is 14.5. The van der Waals surface area contributed by atoms with Crippen molar-refractivity contribution in [2.24, 2.45) is 0 Å². The molecule has 25 heavy (non-hydrogen) atoms. The van der Waals surface area contributed by atoms with Crippen LogP contribution >= 0.6 is 0 Å². The highest BCUT2D eigenvalue weighted by molar-refractivity contribution is 6.08. The van der Waals surface area contributed by atoms with Gasteiger partial charge in [-0.25, -0.2) is 8.78 Å². The Morgan fingerprint density at radius 3 is 2.68 bits per heavy atom. The van der Waals surface area contributed by atoms with Crippen LogP contribution in [0, 0.1) is 11.6 Å². The summed E-state index contributed by atoms with van der Waals surface area (Å²) in [4.78, 5) is 24.5. The standard InChI is InChI=1S/C16H17F2N5O2.H2/c17-10-4-1-5-11(18)13(10)15(24)22-12-8-20-23-14(12)16(25)21-9-3-2-6-19-7-9;/h1,4-5,8-9,19H,2-3,6-7H2,(H,20,23)(H,21,25)(H,22,24);1H/t9-;/m0./s1. The lowest BCUT2D eigenvalue weighted by molar-refractivity contribution is 0.0926. The fourth-order valence-electron chi connectivity index (χ4n) is 2.69.